The number of nitriles is 1. The van der Waals surface area contributed by atoms with Crippen LogP contribution in [0.3, 0.4) is 0 Å². The van der Waals surface area contributed by atoms with Crippen molar-refractivity contribution in [3.8, 4) is 11.8 Å². The van der Waals surface area contributed by atoms with Crippen LogP contribution in [0.25, 0.3) is 17.3 Å². The molecule has 1 saturated carbocycles. The number of nitrogens with zero attached hydrogens (tertiary/aromatic N) is 4. The molecule has 1 aliphatic carbocycles. The van der Waals surface area contributed by atoms with Crippen molar-refractivity contribution < 1.29 is 4.79 Å². The van der Waals surface area contributed by atoms with Crippen molar-refractivity contribution in [1.82, 2.24) is 19.7 Å². The number of aromatic nitrogens is 3. The van der Waals surface area contributed by atoms with Gasteiger partial charge in [0.25, 0.3) is 11.5 Å². The van der Waals surface area contributed by atoms with E-state index < -0.39 is 5.91 Å². The largest absolute Gasteiger partial charge is 0.348 e. The lowest BCUT2D eigenvalue weighted by Crippen LogP contribution is -2.43. The normalized spacial score (nSPS) is 19.8. The molecule has 3 aromatic rings. The second kappa shape index (κ2) is 9.59. The molecule has 1 aromatic carbocycles. The Bertz CT molecular complexity index is 1410. The number of para-hydroxylation sites is 1. The van der Waals surface area contributed by atoms with Gasteiger partial charge >= 0.3 is 0 Å². The predicted molar refractivity (Wildman–Crippen MR) is 129 cm³/mol. The average molecular weight is 462 g/mol. The number of carbonyl (C=O) groups is 1. The summed E-state index contributed by atoms with van der Waals surface area (Å²) in [5, 5.41) is 17.2. The number of amides is 1. The van der Waals surface area contributed by atoms with E-state index in [1.807, 2.05) is 37.4 Å². The number of rotatable bonds is 4. The molecule has 1 amide bonds. The molecular formula is C25H27N5O2S. The summed E-state index contributed by atoms with van der Waals surface area (Å²) in [5.74, 6) is -0.0632. The first kappa shape index (κ1) is 22.7. The summed E-state index contributed by atoms with van der Waals surface area (Å²) in [6.45, 7) is 4.04. The van der Waals surface area contributed by atoms with Gasteiger partial charge in [0.05, 0.1) is 16.4 Å². The van der Waals surface area contributed by atoms with Gasteiger partial charge in [0, 0.05) is 24.8 Å². The van der Waals surface area contributed by atoms with E-state index in [2.05, 4.69) is 23.4 Å². The lowest BCUT2D eigenvalue weighted by atomic mass is 9.86. The maximum absolute atomic E-state index is 13.5. The number of nitrogens with one attached hydrogen (secondary N) is 1. The topological polar surface area (TPSA) is 92.7 Å². The van der Waals surface area contributed by atoms with Crippen LogP contribution < -0.4 is 20.1 Å². The molecule has 2 unspecified atom stereocenters. The third-order valence-corrected chi connectivity index (χ3v) is 7.28. The zero-order chi connectivity index (χ0) is 23.5. The van der Waals surface area contributed by atoms with E-state index in [0.29, 0.717) is 20.8 Å². The summed E-state index contributed by atoms with van der Waals surface area (Å²) in [6.07, 6.45) is 9.41. The highest BCUT2D eigenvalue weighted by atomic mass is 32.1. The summed E-state index contributed by atoms with van der Waals surface area (Å²) < 4.78 is 3.93. The van der Waals surface area contributed by atoms with Crippen LogP contribution in [-0.4, -0.2) is 26.3 Å². The van der Waals surface area contributed by atoms with Gasteiger partial charge < -0.3 is 5.32 Å². The molecule has 7 nitrogen and oxygen atoms in total. The van der Waals surface area contributed by atoms with Gasteiger partial charge in [0.15, 0.2) is 5.57 Å². The van der Waals surface area contributed by atoms with Gasteiger partial charge in [0.1, 0.15) is 10.7 Å². The molecule has 1 fully saturated rings. The van der Waals surface area contributed by atoms with Gasteiger partial charge in [-0.2, -0.15) is 10.4 Å². The number of hydrogen-bond donors (Lipinski definition) is 1. The van der Waals surface area contributed by atoms with E-state index in [0.717, 1.165) is 48.1 Å². The zero-order valence-electron chi connectivity index (χ0n) is 19.0. The van der Waals surface area contributed by atoms with Gasteiger partial charge in [-0.15, -0.1) is 11.3 Å². The van der Waals surface area contributed by atoms with Crippen molar-refractivity contribution in [3.63, 3.8) is 0 Å². The molecule has 1 N–H and O–H groups in total. The highest BCUT2D eigenvalue weighted by molar-refractivity contribution is 7.07. The van der Waals surface area contributed by atoms with Crippen molar-refractivity contribution in [2.75, 3.05) is 0 Å². The van der Waals surface area contributed by atoms with E-state index in [4.69, 9.17) is 0 Å². The van der Waals surface area contributed by atoms with Crippen molar-refractivity contribution in [1.29, 1.82) is 5.26 Å². The Hall–Kier alpha value is -3.44. The summed E-state index contributed by atoms with van der Waals surface area (Å²) >= 11 is 1.16. The Morgan fingerprint density at radius 1 is 1.30 bits per heavy atom. The number of hydrogen-bond acceptors (Lipinski definition) is 5. The Labute approximate surface area is 196 Å². The average Bonchev–Trinajstić information content (AvgIpc) is 3.34. The first-order valence-corrected chi connectivity index (χ1v) is 11.9. The van der Waals surface area contributed by atoms with E-state index in [9.17, 15) is 14.9 Å². The molecular weight excluding hydrogens is 434 g/mol. The third-order valence-electron chi connectivity index (χ3n) is 6.18. The summed E-state index contributed by atoms with van der Waals surface area (Å²) in [5.41, 5.74) is 2.01. The molecule has 1 aliphatic rings. The van der Waals surface area contributed by atoms with Crippen LogP contribution in [0, 0.1) is 24.2 Å². The lowest BCUT2D eigenvalue weighted by molar-refractivity contribution is -0.116. The van der Waals surface area contributed by atoms with Crippen LogP contribution >= 0.6 is 11.3 Å². The van der Waals surface area contributed by atoms with Crippen molar-refractivity contribution >= 4 is 28.9 Å². The van der Waals surface area contributed by atoms with Crippen LogP contribution in [0.5, 0.6) is 0 Å². The minimum atomic E-state index is -0.423. The van der Waals surface area contributed by atoms with Crippen LogP contribution in [0.1, 0.15) is 43.7 Å². The molecule has 0 radical (unpaired) electrons. The summed E-state index contributed by atoms with van der Waals surface area (Å²) in [6, 6.07) is 9.60. The first-order chi connectivity index (χ1) is 15.9. The number of carbonyl (C=O) groups excluding carboxylic acids is 1. The van der Waals surface area contributed by atoms with Crippen LogP contribution in [-0.2, 0) is 11.8 Å². The molecule has 170 valence electrons. The Kier molecular flexibility index (Phi) is 6.61. The second-order valence-electron chi connectivity index (χ2n) is 8.62. The maximum Gasteiger partial charge on any atom is 0.273 e. The Morgan fingerprint density at radius 2 is 2.06 bits per heavy atom. The first-order valence-electron chi connectivity index (χ1n) is 11.1. The van der Waals surface area contributed by atoms with E-state index in [1.54, 1.807) is 24.0 Å². The Balaban J connectivity index is 1.92. The fourth-order valence-electron chi connectivity index (χ4n) is 4.32. The van der Waals surface area contributed by atoms with Gasteiger partial charge in [-0.25, -0.2) is 0 Å². The zero-order valence-corrected chi connectivity index (χ0v) is 19.9. The molecule has 33 heavy (non-hydrogen) atoms. The Morgan fingerprint density at radius 3 is 2.73 bits per heavy atom. The van der Waals surface area contributed by atoms with Gasteiger partial charge in [-0.1, -0.05) is 38.0 Å². The minimum Gasteiger partial charge on any atom is -0.348 e. The smallest absolute Gasteiger partial charge is 0.273 e. The van der Waals surface area contributed by atoms with Crippen molar-refractivity contribution in [2.45, 2.75) is 45.6 Å². The molecule has 2 aromatic heterocycles. The molecule has 0 aliphatic heterocycles. The fourth-order valence-corrected chi connectivity index (χ4v) is 5.41. The van der Waals surface area contributed by atoms with Gasteiger partial charge in [-0.05, 0) is 43.4 Å². The van der Waals surface area contributed by atoms with E-state index in [-0.39, 0.29) is 17.2 Å². The summed E-state index contributed by atoms with van der Waals surface area (Å²) in [7, 11) is 1.81. The maximum atomic E-state index is 13.5. The SMILES string of the molecule is Cc1ccccc1-n1c(=C(C#N)C(=O)NC2CCCCC2C)sc(=Cc2cnn(C)c2)c1=O. The van der Waals surface area contributed by atoms with Gasteiger partial charge in [0.2, 0.25) is 0 Å². The fraction of sp³-hybridized carbons (Fsp3) is 0.360. The van der Waals surface area contributed by atoms with E-state index >= 15 is 0 Å². The highest BCUT2D eigenvalue weighted by Gasteiger charge is 2.25. The summed E-state index contributed by atoms with van der Waals surface area (Å²) in [4.78, 5) is 26.7. The molecule has 0 bridgehead atoms. The van der Waals surface area contributed by atoms with Crippen molar-refractivity contribution in [3.05, 3.63) is 67.3 Å². The number of aryl methyl sites for hydroxylation is 2. The van der Waals surface area contributed by atoms with Crippen LogP contribution in [0.2, 0.25) is 0 Å². The number of thiazole rings is 1. The van der Waals surface area contributed by atoms with E-state index in [1.165, 1.54) is 4.57 Å². The van der Waals surface area contributed by atoms with Gasteiger partial charge in [-0.3, -0.25) is 18.8 Å². The third kappa shape index (κ3) is 4.69. The monoisotopic (exact) mass is 461 g/mol. The molecule has 2 heterocycles. The predicted octanol–water partition coefficient (Wildman–Crippen LogP) is 2.14. The second-order valence-corrected chi connectivity index (χ2v) is 9.65. The quantitative estimate of drug-likeness (QED) is 0.644. The molecule has 8 heteroatoms. The highest BCUT2D eigenvalue weighted by Crippen LogP contribution is 2.24. The molecule has 0 saturated heterocycles. The number of benzene rings is 1. The van der Waals surface area contributed by atoms with Crippen LogP contribution in [0.15, 0.2) is 41.5 Å². The molecule has 0 spiro atoms. The van der Waals surface area contributed by atoms with Crippen LogP contribution in [0.4, 0.5) is 0 Å². The standard InChI is InChI=1S/C25H27N5O2S/c1-16-8-4-6-10-20(16)28-23(31)19(13-26)25-30(21-11-7-5-9-17(21)2)24(32)22(33-25)12-18-14-27-29(3)15-18/h5,7,9,11-12,14-16,20H,4,6,8,10H2,1-3H3,(H,28,31). The molecule has 4 rings (SSSR count). The molecule has 2 atom stereocenters. The lowest BCUT2D eigenvalue weighted by Gasteiger charge is -2.29. The van der Waals surface area contributed by atoms with Crippen molar-refractivity contribution in [2.24, 2.45) is 13.0 Å². The minimum absolute atomic E-state index is 0.0367.